The quantitative estimate of drug-likeness (QED) is 0.493. The van der Waals surface area contributed by atoms with Gasteiger partial charge in [0.2, 0.25) is 10.0 Å². The lowest BCUT2D eigenvalue weighted by atomic mass is 9.88. The highest BCUT2D eigenvalue weighted by Crippen LogP contribution is 2.32. The predicted molar refractivity (Wildman–Crippen MR) is 94.7 cm³/mol. The molecule has 0 heterocycles. The lowest BCUT2D eigenvalue weighted by Crippen LogP contribution is -2.31. The average Bonchev–Trinajstić information content (AvgIpc) is 2.54. The second kappa shape index (κ2) is 6.45. The molecule has 8 heteroatoms. The molecule has 1 atom stereocenters. The molecule has 0 saturated heterocycles. The van der Waals surface area contributed by atoms with Crippen LogP contribution in [0.5, 0.6) is 0 Å². The number of rotatable bonds is 4. The van der Waals surface area contributed by atoms with Crippen molar-refractivity contribution in [2.45, 2.75) is 37.1 Å². The number of nitrogens with one attached hydrogen (secondary N) is 1. The zero-order valence-corrected chi connectivity index (χ0v) is 14.5. The Balaban J connectivity index is 1.92. The molecule has 0 fully saturated rings. The third-order valence-electron chi connectivity index (χ3n) is 4.44. The van der Waals surface area contributed by atoms with Gasteiger partial charge in [0.15, 0.2) is 0 Å². The fraction of sp³-hybridized carbons (Fsp3) is 0.294. The molecule has 3 rings (SSSR count). The van der Waals surface area contributed by atoms with Gasteiger partial charge in [0.1, 0.15) is 0 Å². The molecule has 0 radical (unpaired) electrons. The van der Waals surface area contributed by atoms with Crippen molar-refractivity contribution in [3.63, 3.8) is 0 Å². The molecular formula is C17H19N3O4S. The number of aryl methyl sites for hydroxylation is 2. The van der Waals surface area contributed by atoms with Crippen molar-refractivity contribution in [1.29, 1.82) is 0 Å². The smallest absolute Gasteiger partial charge is 0.269 e. The molecule has 1 unspecified atom stereocenters. The number of nitrogens with zero attached hydrogens (tertiary/aromatic N) is 1. The summed E-state index contributed by atoms with van der Waals surface area (Å²) in [4.78, 5) is 10.3. The summed E-state index contributed by atoms with van der Waals surface area (Å²) >= 11 is 0. The minimum absolute atomic E-state index is 0.0562. The van der Waals surface area contributed by atoms with Crippen LogP contribution in [0.4, 0.5) is 11.4 Å². The van der Waals surface area contributed by atoms with Gasteiger partial charge in [0.05, 0.1) is 9.82 Å². The van der Waals surface area contributed by atoms with Gasteiger partial charge in [-0.05, 0) is 61.1 Å². The monoisotopic (exact) mass is 361 g/mol. The van der Waals surface area contributed by atoms with Gasteiger partial charge in [0.25, 0.3) is 5.69 Å². The van der Waals surface area contributed by atoms with Gasteiger partial charge < -0.3 is 5.73 Å². The van der Waals surface area contributed by atoms with E-state index in [4.69, 9.17) is 5.73 Å². The minimum Gasteiger partial charge on any atom is -0.399 e. The zero-order valence-electron chi connectivity index (χ0n) is 13.7. The van der Waals surface area contributed by atoms with Crippen LogP contribution in [0.3, 0.4) is 0 Å². The Bertz CT molecular complexity index is 941. The Morgan fingerprint density at radius 1 is 1.24 bits per heavy atom. The Morgan fingerprint density at radius 3 is 2.68 bits per heavy atom. The van der Waals surface area contributed by atoms with Crippen LogP contribution >= 0.6 is 0 Å². The molecule has 0 aromatic heterocycles. The van der Waals surface area contributed by atoms with E-state index in [9.17, 15) is 18.5 Å². The van der Waals surface area contributed by atoms with Crippen molar-refractivity contribution in [3.05, 3.63) is 63.2 Å². The first-order valence-corrected chi connectivity index (χ1v) is 9.42. The maximum absolute atomic E-state index is 12.8. The van der Waals surface area contributed by atoms with E-state index < -0.39 is 14.9 Å². The minimum atomic E-state index is -3.79. The van der Waals surface area contributed by atoms with Crippen LogP contribution in [0.1, 0.15) is 35.6 Å². The molecule has 2 aromatic rings. The number of nitrogen functional groups attached to an aromatic ring is 1. The second-order valence-electron chi connectivity index (χ2n) is 6.23. The number of nitro benzene ring substituents is 1. The van der Waals surface area contributed by atoms with E-state index in [0.717, 1.165) is 24.0 Å². The first-order valence-electron chi connectivity index (χ1n) is 7.93. The summed E-state index contributed by atoms with van der Waals surface area (Å²) in [5.74, 6) is 0. The summed E-state index contributed by atoms with van der Waals surface area (Å²) in [5, 5.41) is 10.8. The lowest BCUT2D eigenvalue weighted by Gasteiger charge is -2.26. The first-order chi connectivity index (χ1) is 11.8. The Kier molecular flexibility index (Phi) is 4.49. The third-order valence-corrected chi connectivity index (χ3v) is 6.07. The van der Waals surface area contributed by atoms with Crippen LogP contribution in [0, 0.1) is 17.0 Å². The standard InChI is InChI=1S/C17H19N3O4S/c1-11-9-14(20(21)22)6-8-17(11)25(23,24)19-16-4-2-3-12-10-13(18)5-7-15(12)16/h5-10,16,19H,2-4,18H2,1H3. The van der Waals surface area contributed by atoms with Crippen molar-refractivity contribution < 1.29 is 13.3 Å². The van der Waals surface area contributed by atoms with Gasteiger partial charge in [-0.1, -0.05) is 6.07 Å². The van der Waals surface area contributed by atoms with Crippen molar-refractivity contribution in [1.82, 2.24) is 4.72 Å². The molecule has 132 valence electrons. The van der Waals surface area contributed by atoms with Crippen LogP contribution in [-0.4, -0.2) is 13.3 Å². The normalized spacial score (nSPS) is 17.1. The number of fused-ring (bicyclic) bond motifs is 1. The van der Waals surface area contributed by atoms with Crippen molar-refractivity contribution in [3.8, 4) is 0 Å². The number of non-ortho nitro benzene ring substituents is 1. The number of benzene rings is 2. The summed E-state index contributed by atoms with van der Waals surface area (Å²) in [7, 11) is -3.79. The van der Waals surface area contributed by atoms with Gasteiger partial charge in [-0.2, -0.15) is 0 Å². The maximum Gasteiger partial charge on any atom is 0.269 e. The highest BCUT2D eigenvalue weighted by atomic mass is 32.2. The molecule has 0 aliphatic heterocycles. The zero-order chi connectivity index (χ0) is 18.2. The van der Waals surface area contributed by atoms with Crippen LogP contribution < -0.4 is 10.5 Å². The molecule has 7 nitrogen and oxygen atoms in total. The molecule has 0 spiro atoms. The summed E-state index contributed by atoms with van der Waals surface area (Å²) in [6.07, 6.45) is 2.43. The van der Waals surface area contributed by atoms with E-state index in [2.05, 4.69) is 4.72 Å². The van der Waals surface area contributed by atoms with Gasteiger partial charge in [-0.15, -0.1) is 0 Å². The molecule has 1 aliphatic rings. The predicted octanol–water partition coefficient (Wildman–Crippen LogP) is 2.84. The Labute approximate surface area is 146 Å². The topological polar surface area (TPSA) is 115 Å². The highest BCUT2D eigenvalue weighted by Gasteiger charge is 2.27. The van der Waals surface area contributed by atoms with Gasteiger partial charge in [0, 0.05) is 23.9 Å². The lowest BCUT2D eigenvalue weighted by molar-refractivity contribution is -0.385. The molecule has 0 bridgehead atoms. The molecule has 2 aromatic carbocycles. The maximum atomic E-state index is 12.8. The van der Waals surface area contributed by atoms with Crippen LogP contribution in [0.15, 0.2) is 41.3 Å². The fourth-order valence-electron chi connectivity index (χ4n) is 3.26. The molecule has 0 amide bonds. The second-order valence-corrected chi connectivity index (χ2v) is 7.91. The van der Waals surface area contributed by atoms with Crippen LogP contribution in [0.2, 0.25) is 0 Å². The Hall–Kier alpha value is -2.45. The van der Waals surface area contributed by atoms with Crippen molar-refractivity contribution in [2.24, 2.45) is 0 Å². The average molecular weight is 361 g/mol. The van der Waals surface area contributed by atoms with Gasteiger partial charge >= 0.3 is 0 Å². The number of nitrogens with two attached hydrogens (primary N) is 1. The molecule has 0 saturated carbocycles. The number of hydrogen-bond donors (Lipinski definition) is 2. The first kappa shape index (κ1) is 17.4. The van der Waals surface area contributed by atoms with Crippen molar-refractivity contribution in [2.75, 3.05) is 5.73 Å². The summed E-state index contributed by atoms with van der Waals surface area (Å²) in [6, 6.07) is 8.93. The van der Waals surface area contributed by atoms with E-state index in [0.29, 0.717) is 17.7 Å². The molecule has 3 N–H and O–H groups in total. The van der Waals surface area contributed by atoms with Crippen LogP contribution in [-0.2, 0) is 16.4 Å². The largest absolute Gasteiger partial charge is 0.399 e. The summed E-state index contributed by atoms with van der Waals surface area (Å²) < 4.78 is 28.3. The third kappa shape index (κ3) is 3.49. The van der Waals surface area contributed by atoms with E-state index >= 15 is 0 Å². The van der Waals surface area contributed by atoms with Crippen LogP contribution in [0.25, 0.3) is 0 Å². The summed E-state index contributed by atoms with van der Waals surface area (Å²) in [6.45, 7) is 1.55. The van der Waals surface area contributed by atoms with Gasteiger partial charge in [-0.25, -0.2) is 13.1 Å². The van der Waals surface area contributed by atoms with E-state index in [1.54, 1.807) is 13.0 Å². The summed E-state index contributed by atoms with van der Waals surface area (Å²) in [5.41, 5.74) is 8.67. The van der Waals surface area contributed by atoms with E-state index in [-0.39, 0.29) is 16.6 Å². The number of hydrogen-bond acceptors (Lipinski definition) is 5. The molecule has 25 heavy (non-hydrogen) atoms. The van der Waals surface area contributed by atoms with Crippen molar-refractivity contribution >= 4 is 21.4 Å². The van der Waals surface area contributed by atoms with E-state index in [1.165, 1.54) is 18.2 Å². The highest BCUT2D eigenvalue weighted by molar-refractivity contribution is 7.89. The molecule has 1 aliphatic carbocycles. The number of sulfonamides is 1. The fourth-order valence-corrected chi connectivity index (χ4v) is 4.73. The van der Waals surface area contributed by atoms with E-state index in [1.807, 2.05) is 12.1 Å². The molecular weight excluding hydrogens is 342 g/mol. The number of anilines is 1. The number of nitro groups is 1. The Morgan fingerprint density at radius 2 is 2.00 bits per heavy atom. The van der Waals surface area contributed by atoms with Gasteiger partial charge in [-0.3, -0.25) is 10.1 Å². The SMILES string of the molecule is Cc1cc([N+](=O)[O-])ccc1S(=O)(=O)NC1CCCc2cc(N)ccc21.